The van der Waals surface area contributed by atoms with E-state index in [1.165, 1.54) is 0 Å². The summed E-state index contributed by atoms with van der Waals surface area (Å²) in [4.78, 5) is 49.2. The van der Waals surface area contributed by atoms with Crippen LogP contribution in [0.15, 0.2) is 90.3 Å². The number of carbonyl (C=O) groups excluding carboxylic acids is 3. The van der Waals surface area contributed by atoms with Crippen LogP contribution in [0.5, 0.6) is 0 Å². The first-order valence-electron chi connectivity index (χ1n) is 15.8. The average Bonchev–Trinajstić information content (AvgIpc) is 3.75. The number of aromatic nitrogens is 1. The zero-order valence-corrected chi connectivity index (χ0v) is 26.7. The number of benzene rings is 3. The minimum atomic E-state index is -1.20. The van der Waals surface area contributed by atoms with E-state index in [4.69, 9.17) is 0 Å². The molecule has 6 rings (SSSR count). The van der Waals surface area contributed by atoms with Crippen LogP contribution in [-0.4, -0.2) is 75.4 Å². The number of aryl methyl sites for hydroxylation is 1. The molecular weight excluding hydrogens is 598 g/mol. The molecule has 3 amide bonds. The highest BCUT2D eigenvalue weighted by Gasteiger charge is 2.39. The number of aliphatic hydroxyl groups excluding tert-OH is 1. The molecule has 2 fully saturated rings. The van der Waals surface area contributed by atoms with Crippen molar-refractivity contribution in [2.45, 2.75) is 57.0 Å². The van der Waals surface area contributed by atoms with Gasteiger partial charge in [-0.1, -0.05) is 66.7 Å². The Hall–Kier alpha value is -4.38. The third-order valence-corrected chi connectivity index (χ3v) is 9.78. The average molecular weight is 638 g/mol. The van der Waals surface area contributed by atoms with Gasteiger partial charge in [0.15, 0.2) is 0 Å². The highest BCUT2D eigenvalue weighted by molar-refractivity contribution is 7.09. The molecule has 1 aromatic heterocycles. The van der Waals surface area contributed by atoms with Crippen LogP contribution < -0.4 is 10.6 Å². The Morgan fingerprint density at radius 1 is 1.00 bits per heavy atom. The van der Waals surface area contributed by atoms with E-state index in [9.17, 15) is 19.5 Å². The number of hydrogen-bond acceptors (Lipinski definition) is 7. The number of aliphatic hydroxyl groups is 1. The van der Waals surface area contributed by atoms with Gasteiger partial charge in [0, 0.05) is 48.4 Å². The molecule has 238 valence electrons. The Kier molecular flexibility index (Phi) is 9.87. The van der Waals surface area contributed by atoms with Crippen LogP contribution in [0.1, 0.15) is 61.4 Å². The Bertz CT molecular complexity index is 1660. The molecule has 2 aliphatic rings. The second kappa shape index (κ2) is 14.4. The topological polar surface area (TPSA) is 115 Å². The third-order valence-electron chi connectivity index (χ3n) is 8.72. The van der Waals surface area contributed by atoms with Crippen molar-refractivity contribution in [1.29, 1.82) is 0 Å². The first kappa shape index (κ1) is 31.6. The van der Waals surface area contributed by atoms with E-state index in [2.05, 4.69) is 15.6 Å². The van der Waals surface area contributed by atoms with Crippen LogP contribution in [0.2, 0.25) is 0 Å². The minimum absolute atomic E-state index is 0.0731. The van der Waals surface area contributed by atoms with E-state index >= 15 is 0 Å². The molecule has 3 aromatic carbocycles. The van der Waals surface area contributed by atoms with E-state index in [1.807, 2.05) is 77.9 Å². The number of hydrogen-bond donors (Lipinski definition) is 3. The summed E-state index contributed by atoms with van der Waals surface area (Å²) in [5, 5.41) is 20.8. The van der Waals surface area contributed by atoms with Gasteiger partial charge in [0.1, 0.15) is 11.0 Å². The number of carbonyl (C=O) groups is 3. The molecule has 0 radical (unpaired) electrons. The van der Waals surface area contributed by atoms with Gasteiger partial charge in [-0.15, -0.1) is 11.3 Å². The molecule has 2 aliphatic heterocycles. The maximum absolute atomic E-state index is 13.7. The van der Waals surface area contributed by atoms with Crippen molar-refractivity contribution in [2.75, 3.05) is 19.6 Å². The van der Waals surface area contributed by atoms with Gasteiger partial charge in [0.05, 0.1) is 18.2 Å². The van der Waals surface area contributed by atoms with Crippen LogP contribution in [-0.2, 0) is 17.8 Å². The molecule has 4 aromatic rings. The summed E-state index contributed by atoms with van der Waals surface area (Å²) in [7, 11) is 0. The lowest BCUT2D eigenvalue weighted by molar-refractivity contribution is -0.140. The lowest BCUT2D eigenvalue weighted by Crippen LogP contribution is -2.63. The van der Waals surface area contributed by atoms with Gasteiger partial charge in [-0.3, -0.25) is 14.4 Å². The maximum Gasteiger partial charge on any atom is 0.254 e. The summed E-state index contributed by atoms with van der Waals surface area (Å²) < 4.78 is 0. The van der Waals surface area contributed by atoms with Crippen LogP contribution >= 0.6 is 11.3 Å². The van der Waals surface area contributed by atoms with Crippen molar-refractivity contribution >= 4 is 29.1 Å². The predicted octanol–water partition coefficient (Wildman–Crippen LogP) is 4.13. The smallest absolute Gasteiger partial charge is 0.254 e. The molecular formula is C36H39N5O4S. The largest absolute Gasteiger partial charge is 0.389 e. The first-order valence-corrected chi connectivity index (χ1v) is 16.7. The van der Waals surface area contributed by atoms with Crippen LogP contribution in [0.25, 0.3) is 0 Å². The van der Waals surface area contributed by atoms with E-state index in [-0.39, 0.29) is 17.9 Å². The van der Waals surface area contributed by atoms with Crippen molar-refractivity contribution in [3.8, 4) is 0 Å². The summed E-state index contributed by atoms with van der Waals surface area (Å²) in [6.07, 6.45) is 0.867. The molecule has 3 N–H and O–H groups in total. The van der Waals surface area contributed by atoms with Crippen LogP contribution in [0.4, 0.5) is 0 Å². The van der Waals surface area contributed by atoms with E-state index in [1.54, 1.807) is 40.5 Å². The van der Waals surface area contributed by atoms with Gasteiger partial charge >= 0.3 is 0 Å². The number of piperazine rings is 1. The minimum Gasteiger partial charge on any atom is -0.389 e. The molecule has 10 heteroatoms. The second-order valence-electron chi connectivity index (χ2n) is 12.0. The summed E-state index contributed by atoms with van der Waals surface area (Å²) in [6, 6.07) is 24.3. The fraction of sp³-hybridized carbons (Fsp3) is 0.333. The molecule has 1 unspecified atom stereocenters. The van der Waals surface area contributed by atoms with Crippen molar-refractivity contribution in [1.82, 2.24) is 25.4 Å². The molecule has 0 aliphatic carbocycles. The number of nitrogens with zero attached hydrogens (tertiary/aromatic N) is 3. The molecule has 46 heavy (non-hydrogen) atoms. The molecule has 0 spiro atoms. The lowest BCUT2D eigenvalue weighted by Gasteiger charge is -2.38. The first-order chi connectivity index (χ1) is 22.4. The zero-order chi connectivity index (χ0) is 32.0. The highest BCUT2D eigenvalue weighted by atomic mass is 32.1. The van der Waals surface area contributed by atoms with Crippen molar-refractivity contribution < 1.29 is 19.5 Å². The summed E-state index contributed by atoms with van der Waals surface area (Å²) in [5.74, 6) is -0.771. The number of rotatable bonds is 10. The Morgan fingerprint density at radius 3 is 2.43 bits per heavy atom. The molecule has 0 saturated carbocycles. The Morgan fingerprint density at radius 2 is 1.72 bits per heavy atom. The Balaban J connectivity index is 1.19. The zero-order valence-electron chi connectivity index (χ0n) is 25.8. The van der Waals surface area contributed by atoms with Gasteiger partial charge in [-0.05, 0) is 55.5 Å². The summed E-state index contributed by atoms with van der Waals surface area (Å²) >= 11 is 1.57. The SMILES string of the molecule is Cc1csc([C@H]2CCCN2C(=O)c2cccc(C(=O)N[C@@H](Cc3ccccc3)[C@H](O)C3NCCN(Cc4ccccc4)C3=O)c2)n1. The quantitative estimate of drug-likeness (QED) is 0.241. The maximum atomic E-state index is 13.7. The summed E-state index contributed by atoms with van der Waals surface area (Å²) in [6.45, 7) is 4.07. The van der Waals surface area contributed by atoms with Gasteiger partial charge in [-0.2, -0.15) is 0 Å². The second-order valence-corrected chi connectivity index (χ2v) is 12.9. The highest BCUT2D eigenvalue weighted by Crippen LogP contribution is 2.34. The predicted molar refractivity (Wildman–Crippen MR) is 177 cm³/mol. The standard InChI is InChI=1S/C36H39N5O4S/c1-24-23-46-34(38-24)30-16-9-18-41(30)35(44)28-15-8-14-27(21-28)33(43)39-29(20-25-10-4-2-5-11-25)32(42)31-36(45)40(19-17-37-31)22-26-12-6-3-7-13-26/h2-8,10-15,21,23,29-32,37,42H,9,16-20,22H2,1H3,(H,39,43)/t29-,30+,31?,32-/m0/s1. The molecule has 3 heterocycles. The molecule has 2 saturated heterocycles. The fourth-order valence-electron chi connectivity index (χ4n) is 6.34. The monoisotopic (exact) mass is 637 g/mol. The van der Waals surface area contributed by atoms with Gasteiger partial charge in [0.2, 0.25) is 5.91 Å². The molecule has 4 atom stereocenters. The normalized spacial score (nSPS) is 19.6. The Labute approximate surface area is 273 Å². The van der Waals surface area contributed by atoms with E-state index in [0.717, 1.165) is 34.7 Å². The van der Waals surface area contributed by atoms with Crippen LogP contribution in [0, 0.1) is 6.92 Å². The van der Waals surface area contributed by atoms with Crippen molar-refractivity contribution in [3.63, 3.8) is 0 Å². The number of likely N-dealkylation sites (tertiary alicyclic amines) is 1. The fourth-order valence-corrected chi connectivity index (χ4v) is 7.28. The van der Waals surface area contributed by atoms with E-state index in [0.29, 0.717) is 43.7 Å². The molecule has 0 bridgehead atoms. The number of amides is 3. The van der Waals surface area contributed by atoms with Gasteiger partial charge in [0.25, 0.3) is 11.8 Å². The number of thiazole rings is 1. The summed E-state index contributed by atoms with van der Waals surface area (Å²) in [5.41, 5.74) is 3.60. The number of nitrogens with one attached hydrogen (secondary N) is 2. The van der Waals surface area contributed by atoms with Gasteiger partial charge < -0.3 is 25.5 Å². The van der Waals surface area contributed by atoms with Crippen molar-refractivity contribution in [3.05, 3.63) is 123 Å². The third kappa shape index (κ3) is 7.20. The van der Waals surface area contributed by atoms with E-state index < -0.39 is 24.1 Å². The molecule has 9 nitrogen and oxygen atoms in total. The lowest BCUT2D eigenvalue weighted by atomic mass is 9.94. The van der Waals surface area contributed by atoms with Crippen molar-refractivity contribution in [2.24, 2.45) is 0 Å². The van der Waals surface area contributed by atoms with Crippen LogP contribution in [0.3, 0.4) is 0 Å². The van der Waals surface area contributed by atoms with Gasteiger partial charge in [-0.25, -0.2) is 4.98 Å².